The van der Waals surface area contributed by atoms with E-state index < -0.39 is 36.3 Å². The molecule has 114 valence electrons. The highest BCUT2D eigenvalue weighted by atomic mass is 19.4. The molecule has 1 atom stereocenters. The van der Waals surface area contributed by atoms with Crippen molar-refractivity contribution < 1.29 is 36.2 Å². The monoisotopic (exact) mass is 295 g/mol. The molecule has 0 aliphatic carbocycles. The van der Waals surface area contributed by atoms with Crippen molar-refractivity contribution in [1.82, 2.24) is 5.32 Å². The standard InChI is InChI=1S/C10H15F6NO2/c1-3-8(2,4-5-18)17-7(19)6(9(11,12)13)10(14,15)16/h6,18H,3-5H2,1-2H3,(H,17,19). The van der Waals surface area contributed by atoms with Crippen molar-refractivity contribution in [2.75, 3.05) is 6.61 Å². The van der Waals surface area contributed by atoms with Gasteiger partial charge in [-0.05, 0) is 19.8 Å². The summed E-state index contributed by atoms with van der Waals surface area (Å²) in [7, 11) is 0. The fourth-order valence-corrected chi connectivity index (χ4v) is 1.43. The van der Waals surface area contributed by atoms with Crippen molar-refractivity contribution in [3.63, 3.8) is 0 Å². The molecule has 0 aliphatic heterocycles. The number of carbonyl (C=O) groups is 1. The Morgan fingerprint density at radius 3 is 1.84 bits per heavy atom. The zero-order valence-electron chi connectivity index (χ0n) is 10.3. The van der Waals surface area contributed by atoms with E-state index in [-0.39, 0.29) is 12.8 Å². The van der Waals surface area contributed by atoms with Crippen LogP contribution in [0.5, 0.6) is 0 Å². The SMILES string of the molecule is CCC(C)(CCO)NC(=O)C(C(F)(F)F)C(F)(F)F. The summed E-state index contributed by atoms with van der Waals surface area (Å²) in [5.74, 6) is -6.22. The summed E-state index contributed by atoms with van der Waals surface area (Å²) < 4.78 is 73.8. The highest BCUT2D eigenvalue weighted by Gasteiger charge is 2.61. The number of aliphatic hydroxyl groups is 1. The number of rotatable bonds is 5. The highest BCUT2D eigenvalue weighted by molar-refractivity contribution is 5.81. The van der Waals surface area contributed by atoms with Crippen molar-refractivity contribution in [1.29, 1.82) is 0 Å². The minimum absolute atomic E-state index is 0.0851. The average molecular weight is 295 g/mol. The number of carbonyl (C=O) groups excluding carboxylic acids is 1. The van der Waals surface area contributed by atoms with Crippen LogP contribution in [0.1, 0.15) is 26.7 Å². The van der Waals surface area contributed by atoms with Gasteiger partial charge in [0, 0.05) is 12.1 Å². The summed E-state index contributed by atoms with van der Waals surface area (Å²) in [5.41, 5.74) is -1.32. The summed E-state index contributed by atoms with van der Waals surface area (Å²) in [6.45, 7) is 2.28. The molecule has 0 rings (SSSR count). The van der Waals surface area contributed by atoms with Gasteiger partial charge in [-0.15, -0.1) is 0 Å². The maximum atomic E-state index is 12.3. The van der Waals surface area contributed by atoms with Gasteiger partial charge in [0.1, 0.15) is 0 Å². The molecule has 0 aromatic rings. The molecule has 0 bridgehead atoms. The van der Waals surface area contributed by atoms with Crippen molar-refractivity contribution >= 4 is 5.91 Å². The first-order valence-electron chi connectivity index (χ1n) is 5.43. The van der Waals surface area contributed by atoms with E-state index in [1.807, 2.05) is 0 Å². The van der Waals surface area contributed by atoms with Gasteiger partial charge in [0.15, 0.2) is 0 Å². The molecule has 2 N–H and O–H groups in total. The first kappa shape index (κ1) is 18.0. The third-order valence-corrected chi connectivity index (χ3v) is 2.79. The van der Waals surface area contributed by atoms with Gasteiger partial charge in [-0.3, -0.25) is 4.79 Å². The van der Waals surface area contributed by atoms with Gasteiger partial charge >= 0.3 is 12.4 Å². The Kier molecular flexibility index (Phi) is 5.66. The first-order chi connectivity index (χ1) is 8.37. The van der Waals surface area contributed by atoms with Crippen LogP contribution in [-0.4, -0.2) is 35.5 Å². The van der Waals surface area contributed by atoms with E-state index in [4.69, 9.17) is 5.11 Å². The molecule has 0 aromatic heterocycles. The maximum Gasteiger partial charge on any atom is 0.409 e. The number of halogens is 6. The van der Waals surface area contributed by atoms with E-state index in [0.29, 0.717) is 0 Å². The summed E-state index contributed by atoms with van der Waals surface area (Å²) in [6.07, 6.45) is -11.5. The molecule has 0 spiro atoms. The predicted octanol–water partition coefficient (Wildman–Crippen LogP) is 2.39. The van der Waals surface area contributed by atoms with Crippen LogP contribution in [0.15, 0.2) is 0 Å². The third-order valence-electron chi connectivity index (χ3n) is 2.79. The predicted molar refractivity (Wildman–Crippen MR) is 54.1 cm³/mol. The maximum absolute atomic E-state index is 12.3. The van der Waals surface area contributed by atoms with E-state index in [1.54, 1.807) is 5.32 Å². The van der Waals surface area contributed by atoms with Crippen LogP contribution < -0.4 is 5.32 Å². The Hall–Kier alpha value is -0.990. The fourth-order valence-electron chi connectivity index (χ4n) is 1.43. The molecule has 1 unspecified atom stereocenters. The van der Waals surface area contributed by atoms with Gasteiger partial charge in [-0.25, -0.2) is 0 Å². The summed E-state index contributed by atoms with van der Waals surface area (Å²) >= 11 is 0. The quantitative estimate of drug-likeness (QED) is 0.765. The lowest BCUT2D eigenvalue weighted by atomic mass is 9.93. The number of hydrogen-bond acceptors (Lipinski definition) is 2. The van der Waals surface area contributed by atoms with E-state index in [2.05, 4.69) is 0 Å². The smallest absolute Gasteiger partial charge is 0.396 e. The number of hydrogen-bond donors (Lipinski definition) is 2. The molecular weight excluding hydrogens is 280 g/mol. The molecular formula is C10H15F6NO2. The summed E-state index contributed by atoms with van der Waals surface area (Å²) in [5, 5.41) is 10.4. The van der Waals surface area contributed by atoms with Crippen molar-refractivity contribution in [2.24, 2.45) is 5.92 Å². The lowest BCUT2D eigenvalue weighted by Crippen LogP contribution is -2.55. The Balaban J connectivity index is 5.14. The molecule has 0 aliphatic rings. The molecule has 0 radical (unpaired) electrons. The summed E-state index contributed by atoms with van der Waals surface area (Å²) in [6, 6.07) is 0. The number of amides is 1. The van der Waals surface area contributed by atoms with Gasteiger partial charge in [0.05, 0.1) is 0 Å². The number of alkyl halides is 6. The molecule has 0 saturated carbocycles. The van der Waals surface area contributed by atoms with E-state index in [9.17, 15) is 31.1 Å². The minimum atomic E-state index is -5.71. The largest absolute Gasteiger partial charge is 0.409 e. The molecule has 19 heavy (non-hydrogen) atoms. The molecule has 0 aromatic carbocycles. The van der Waals surface area contributed by atoms with E-state index in [0.717, 1.165) is 0 Å². The molecule has 3 nitrogen and oxygen atoms in total. The van der Waals surface area contributed by atoms with Crippen LogP contribution in [0.25, 0.3) is 0 Å². The van der Waals surface area contributed by atoms with Crippen LogP contribution in [0.2, 0.25) is 0 Å². The Morgan fingerprint density at radius 2 is 1.58 bits per heavy atom. The van der Waals surface area contributed by atoms with Gasteiger partial charge < -0.3 is 10.4 Å². The van der Waals surface area contributed by atoms with Crippen molar-refractivity contribution in [3.05, 3.63) is 0 Å². The normalized spacial score (nSPS) is 16.3. The summed E-state index contributed by atoms with van der Waals surface area (Å²) in [4.78, 5) is 11.3. The topological polar surface area (TPSA) is 49.3 Å². The molecule has 0 saturated heterocycles. The van der Waals surface area contributed by atoms with Crippen LogP contribution in [0.4, 0.5) is 26.3 Å². The number of aliphatic hydroxyl groups excluding tert-OH is 1. The highest BCUT2D eigenvalue weighted by Crippen LogP contribution is 2.39. The van der Waals surface area contributed by atoms with E-state index in [1.165, 1.54) is 13.8 Å². The van der Waals surface area contributed by atoms with Crippen LogP contribution in [-0.2, 0) is 4.79 Å². The first-order valence-corrected chi connectivity index (χ1v) is 5.43. The Morgan fingerprint density at radius 1 is 1.16 bits per heavy atom. The molecule has 1 amide bonds. The van der Waals surface area contributed by atoms with Crippen molar-refractivity contribution in [2.45, 2.75) is 44.6 Å². The molecule has 0 fully saturated rings. The zero-order valence-corrected chi connectivity index (χ0v) is 10.3. The second-order valence-corrected chi connectivity index (χ2v) is 4.39. The van der Waals surface area contributed by atoms with Crippen LogP contribution in [0.3, 0.4) is 0 Å². The fraction of sp³-hybridized carbons (Fsp3) is 0.900. The molecule has 9 heteroatoms. The lowest BCUT2D eigenvalue weighted by Gasteiger charge is -2.32. The van der Waals surface area contributed by atoms with Crippen LogP contribution in [0, 0.1) is 5.92 Å². The zero-order chi connectivity index (χ0) is 15.5. The minimum Gasteiger partial charge on any atom is -0.396 e. The van der Waals surface area contributed by atoms with Gasteiger partial charge in [-0.2, -0.15) is 26.3 Å². The molecule has 0 heterocycles. The van der Waals surface area contributed by atoms with Crippen LogP contribution >= 0.6 is 0 Å². The van der Waals surface area contributed by atoms with Gasteiger partial charge in [-0.1, -0.05) is 6.92 Å². The second-order valence-electron chi connectivity index (χ2n) is 4.39. The van der Waals surface area contributed by atoms with Gasteiger partial charge in [0.25, 0.3) is 0 Å². The van der Waals surface area contributed by atoms with Crippen molar-refractivity contribution in [3.8, 4) is 0 Å². The van der Waals surface area contributed by atoms with E-state index >= 15 is 0 Å². The average Bonchev–Trinajstić information content (AvgIpc) is 2.12. The Bertz CT molecular complexity index is 300. The lowest BCUT2D eigenvalue weighted by molar-refractivity contribution is -0.274. The number of nitrogens with one attached hydrogen (secondary N) is 1. The third kappa shape index (κ3) is 5.25. The van der Waals surface area contributed by atoms with Gasteiger partial charge in [0.2, 0.25) is 11.8 Å². The Labute approximate surface area is 106 Å². The second kappa shape index (κ2) is 5.98.